The molecule has 0 aromatic heterocycles. The SMILES string of the molecule is C[C@H](NC(=O)c1ccccc1OCc1ccc(Cl)cc1)[C@H]1C[C@H]2CC[C@H]1C2. The van der Waals surface area contributed by atoms with E-state index in [1.165, 1.54) is 25.7 Å². The Morgan fingerprint density at radius 2 is 1.93 bits per heavy atom. The van der Waals surface area contributed by atoms with Crippen molar-refractivity contribution in [3.8, 4) is 5.75 Å². The number of para-hydroxylation sites is 1. The molecule has 1 N–H and O–H groups in total. The fourth-order valence-electron chi connectivity index (χ4n) is 4.82. The van der Waals surface area contributed by atoms with E-state index in [1.807, 2.05) is 48.5 Å². The smallest absolute Gasteiger partial charge is 0.255 e. The molecule has 27 heavy (non-hydrogen) atoms. The van der Waals surface area contributed by atoms with Gasteiger partial charge in [0, 0.05) is 11.1 Å². The normalized spacial score (nSPS) is 24.6. The van der Waals surface area contributed by atoms with Gasteiger partial charge in [-0.2, -0.15) is 0 Å². The summed E-state index contributed by atoms with van der Waals surface area (Å²) in [5.74, 6) is 2.87. The summed E-state index contributed by atoms with van der Waals surface area (Å²) in [7, 11) is 0. The molecule has 4 rings (SSSR count). The first-order chi connectivity index (χ1) is 13.1. The highest BCUT2D eigenvalue weighted by Gasteiger charge is 2.42. The lowest BCUT2D eigenvalue weighted by Crippen LogP contribution is -2.40. The number of benzene rings is 2. The summed E-state index contributed by atoms with van der Waals surface area (Å²) >= 11 is 5.93. The molecule has 2 aliphatic rings. The second-order valence-electron chi connectivity index (χ2n) is 8.01. The third-order valence-corrected chi connectivity index (χ3v) is 6.49. The average Bonchev–Trinajstić information content (AvgIpc) is 3.31. The molecule has 0 unspecified atom stereocenters. The zero-order valence-electron chi connectivity index (χ0n) is 15.7. The Bertz CT molecular complexity index is 804. The minimum atomic E-state index is -0.0445. The van der Waals surface area contributed by atoms with E-state index in [2.05, 4.69) is 12.2 Å². The maximum absolute atomic E-state index is 12.9. The van der Waals surface area contributed by atoms with E-state index in [0.717, 1.165) is 17.4 Å². The van der Waals surface area contributed by atoms with Gasteiger partial charge in [-0.05, 0) is 73.8 Å². The molecule has 1 amide bonds. The first kappa shape index (κ1) is 18.4. The zero-order valence-corrected chi connectivity index (χ0v) is 16.4. The molecule has 2 saturated carbocycles. The third kappa shape index (κ3) is 4.14. The number of carbonyl (C=O) groups is 1. The molecule has 0 aliphatic heterocycles. The van der Waals surface area contributed by atoms with Crippen molar-refractivity contribution in [3.63, 3.8) is 0 Å². The number of amides is 1. The van der Waals surface area contributed by atoms with Crippen molar-refractivity contribution < 1.29 is 9.53 Å². The van der Waals surface area contributed by atoms with Crippen LogP contribution in [0.5, 0.6) is 5.75 Å². The molecule has 0 radical (unpaired) electrons. The van der Waals surface area contributed by atoms with Crippen molar-refractivity contribution in [2.24, 2.45) is 17.8 Å². The van der Waals surface area contributed by atoms with Gasteiger partial charge in [0.1, 0.15) is 12.4 Å². The molecule has 4 heteroatoms. The Hall–Kier alpha value is -2.00. The molecule has 0 spiro atoms. The number of ether oxygens (including phenoxy) is 1. The number of hydrogen-bond donors (Lipinski definition) is 1. The van der Waals surface area contributed by atoms with Crippen molar-refractivity contribution in [1.29, 1.82) is 0 Å². The average molecular weight is 384 g/mol. The van der Waals surface area contributed by atoms with Crippen molar-refractivity contribution in [1.82, 2.24) is 5.32 Å². The van der Waals surface area contributed by atoms with Crippen LogP contribution in [0.2, 0.25) is 5.02 Å². The number of fused-ring (bicyclic) bond motifs is 2. The Balaban J connectivity index is 1.40. The number of carbonyl (C=O) groups excluding carboxylic acids is 1. The number of halogens is 1. The maximum Gasteiger partial charge on any atom is 0.255 e. The van der Waals surface area contributed by atoms with Crippen LogP contribution in [-0.2, 0) is 6.61 Å². The van der Waals surface area contributed by atoms with E-state index in [0.29, 0.717) is 28.9 Å². The lowest BCUT2D eigenvalue weighted by molar-refractivity contribution is 0.0910. The molecule has 2 aromatic carbocycles. The first-order valence-corrected chi connectivity index (χ1v) is 10.2. The summed E-state index contributed by atoms with van der Waals surface area (Å²) in [5, 5.41) is 3.93. The second-order valence-corrected chi connectivity index (χ2v) is 8.45. The second kappa shape index (κ2) is 7.93. The Morgan fingerprint density at radius 1 is 1.15 bits per heavy atom. The van der Waals surface area contributed by atoms with Crippen LogP contribution in [-0.4, -0.2) is 11.9 Å². The van der Waals surface area contributed by atoms with Crippen molar-refractivity contribution >= 4 is 17.5 Å². The van der Waals surface area contributed by atoms with Gasteiger partial charge in [0.05, 0.1) is 5.56 Å². The van der Waals surface area contributed by atoms with Gasteiger partial charge in [-0.25, -0.2) is 0 Å². The third-order valence-electron chi connectivity index (χ3n) is 6.23. The van der Waals surface area contributed by atoms with Crippen LogP contribution in [0.25, 0.3) is 0 Å². The molecule has 2 bridgehead atoms. The predicted molar refractivity (Wildman–Crippen MR) is 108 cm³/mol. The quantitative estimate of drug-likeness (QED) is 0.717. The van der Waals surface area contributed by atoms with Crippen LogP contribution >= 0.6 is 11.6 Å². The van der Waals surface area contributed by atoms with E-state index in [9.17, 15) is 4.79 Å². The fourth-order valence-corrected chi connectivity index (χ4v) is 4.95. The monoisotopic (exact) mass is 383 g/mol. The van der Waals surface area contributed by atoms with Crippen molar-refractivity contribution in [2.45, 2.75) is 45.3 Å². The lowest BCUT2D eigenvalue weighted by atomic mass is 9.84. The summed E-state index contributed by atoms with van der Waals surface area (Å²) in [6.07, 6.45) is 5.33. The zero-order chi connectivity index (χ0) is 18.8. The van der Waals surface area contributed by atoms with Gasteiger partial charge < -0.3 is 10.1 Å². The molecule has 4 atom stereocenters. The predicted octanol–water partition coefficient (Wildman–Crippen LogP) is 5.47. The van der Waals surface area contributed by atoms with E-state index in [-0.39, 0.29) is 11.9 Å². The van der Waals surface area contributed by atoms with Crippen LogP contribution in [0.3, 0.4) is 0 Å². The largest absolute Gasteiger partial charge is 0.488 e. The maximum atomic E-state index is 12.9. The van der Waals surface area contributed by atoms with Crippen LogP contribution in [0, 0.1) is 17.8 Å². The van der Waals surface area contributed by atoms with Gasteiger partial charge >= 0.3 is 0 Å². The minimum absolute atomic E-state index is 0.0445. The Morgan fingerprint density at radius 3 is 2.63 bits per heavy atom. The standard InChI is InChI=1S/C23H26ClNO2/c1-15(21-13-17-6-9-18(21)12-17)25-23(26)20-4-2-3-5-22(20)27-14-16-7-10-19(24)11-8-16/h2-5,7-8,10-11,15,17-18,21H,6,9,12-14H2,1H3,(H,25,26)/t15-,17-,18-,21+/m0/s1. The van der Waals surface area contributed by atoms with Crippen LogP contribution in [0.4, 0.5) is 0 Å². The van der Waals surface area contributed by atoms with E-state index in [1.54, 1.807) is 0 Å². The van der Waals surface area contributed by atoms with E-state index < -0.39 is 0 Å². The molecular weight excluding hydrogens is 358 g/mol. The highest BCUT2D eigenvalue weighted by molar-refractivity contribution is 6.30. The van der Waals surface area contributed by atoms with Gasteiger partial charge in [-0.1, -0.05) is 42.3 Å². The van der Waals surface area contributed by atoms with Crippen LogP contribution < -0.4 is 10.1 Å². The summed E-state index contributed by atoms with van der Waals surface area (Å²) in [5.41, 5.74) is 1.62. The summed E-state index contributed by atoms with van der Waals surface area (Å²) in [4.78, 5) is 12.9. The number of rotatable bonds is 6. The van der Waals surface area contributed by atoms with Crippen molar-refractivity contribution in [3.05, 3.63) is 64.7 Å². The molecule has 2 fully saturated rings. The highest BCUT2D eigenvalue weighted by atomic mass is 35.5. The minimum Gasteiger partial charge on any atom is -0.488 e. The van der Waals surface area contributed by atoms with Gasteiger partial charge in [0.25, 0.3) is 5.91 Å². The molecule has 0 heterocycles. The molecule has 0 saturated heterocycles. The Labute approximate surface area is 166 Å². The highest BCUT2D eigenvalue weighted by Crippen LogP contribution is 2.49. The molecule has 142 valence electrons. The number of hydrogen-bond acceptors (Lipinski definition) is 2. The number of nitrogens with one attached hydrogen (secondary N) is 1. The van der Waals surface area contributed by atoms with Gasteiger partial charge in [-0.15, -0.1) is 0 Å². The Kier molecular flexibility index (Phi) is 5.40. The summed E-state index contributed by atoms with van der Waals surface area (Å²) < 4.78 is 5.94. The van der Waals surface area contributed by atoms with Crippen LogP contribution in [0.15, 0.2) is 48.5 Å². The molecule has 3 nitrogen and oxygen atoms in total. The van der Waals surface area contributed by atoms with E-state index >= 15 is 0 Å². The summed E-state index contributed by atoms with van der Waals surface area (Å²) in [6, 6.07) is 15.2. The molecule has 2 aliphatic carbocycles. The summed E-state index contributed by atoms with van der Waals surface area (Å²) in [6.45, 7) is 2.56. The van der Waals surface area contributed by atoms with Gasteiger partial charge in [-0.3, -0.25) is 4.79 Å². The topological polar surface area (TPSA) is 38.3 Å². The van der Waals surface area contributed by atoms with Crippen LogP contribution in [0.1, 0.15) is 48.5 Å². The lowest BCUT2D eigenvalue weighted by Gasteiger charge is -2.28. The molecule has 2 aromatic rings. The van der Waals surface area contributed by atoms with E-state index in [4.69, 9.17) is 16.3 Å². The first-order valence-electron chi connectivity index (χ1n) is 9.87. The fraction of sp³-hybridized carbons (Fsp3) is 0.435. The van der Waals surface area contributed by atoms with Crippen molar-refractivity contribution in [2.75, 3.05) is 0 Å². The van der Waals surface area contributed by atoms with Gasteiger partial charge in [0.15, 0.2) is 0 Å². The van der Waals surface area contributed by atoms with Gasteiger partial charge in [0.2, 0.25) is 0 Å². The molecular formula is C23H26ClNO2.